The molecule has 0 aromatic rings. The Kier molecular flexibility index (Phi) is 3.95. The molecule has 4 bridgehead atoms. The molecular weight excluding hydrogens is 230 g/mol. The second-order valence-corrected chi connectivity index (χ2v) is 8.58. The lowest BCUT2D eigenvalue weighted by Crippen LogP contribution is -2.48. The maximum atomic E-state index is 3.63. The molecule has 1 nitrogen and oxygen atoms in total. The second kappa shape index (κ2) is 5.39. The Balaban J connectivity index is 1.61. The van der Waals surface area contributed by atoms with Crippen LogP contribution in [0.15, 0.2) is 0 Å². The van der Waals surface area contributed by atoms with Gasteiger partial charge in [0.1, 0.15) is 0 Å². The first-order valence-electron chi connectivity index (χ1n) is 8.76. The van der Waals surface area contributed by atoms with Crippen LogP contribution in [0.3, 0.4) is 0 Å². The van der Waals surface area contributed by atoms with Crippen molar-refractivity contribution in [3.63, 3.8) is 0 Å². The first-order chi connectivity index (χ1) is 9.08. The van der Waals surface area contributed by atoms with Gasteiger partial charge in [-0.1, -0.05) is 13.8 Å². The molecule has 4 rings (SSSR count). The highest BCUT2D eigenvalue weighted by molar-refractivity contribution is 5.02. The van der Waals surface area contributed by atoms with Crippen molar-refractivity contribution in [1.29, 1.82) is 0 Å². The minimum atomic E-state index is 0.749. The molecular formula is C18H33N. The van der Waals surface area contributed by atoms with Gasteiger partial charge in [0.05, 0.1) is 0 Å². The largest absolute Gasteiger partial charge is 0.317 e. The molecule has 0 amide bonds. The van der Waals surface area contributed by atoms with Gasteiger partial charge in [0.2, 0.25) is 0 Å². The predicted molar refractivity (Wildman–Crippen MR) is 82.1 cm³/mol. The van der Waals surface area contributed by atoms with E-state index < -0.39 is 0 Å². The molecule has 4 aliphatic rings. The fraction of sp³-hybridized carbons (Fsp3) is 1.00. The van der Waals surface area contributed by atoms with Gasteiger partial charge in [0.25, 0.3) is 0 Å². The van der Waals surface area contributed by atoms with Crippen molar-refractivity contribution in [3.8, 4) is 0 Å². The second-order valence-electron chi connectivity index (χ2n) is 8.58. The summed E-state index contributed by atoms with van der Waals surface area (Å²) in [4.78, 5) is 0. The highest BCUT2D eigenvalue weighted by Gasteiger charge is 2.51. The van der Waals surface area contributed by atoms with Crippen LogP contribution in [0.4, 0.5) is 0 Å². The molecule has 1 atom stereocenters. The first kappa shape index (κ1) is 13.9. The summed E-state index contributed by atoms with van der Waals surface area (Å²) in [5, 5.41) is 3.63. The van der Waals surface area contributed by atoms with Crippen molar-refractivity contribution in [1.82, 2.24) is 5.32 Å². The topological polar surface area (TPSA) is 12.0 Å². The molecule has 0 spiro atoms. The Morgan fingerprint density at radius 1 is 0.947 bits per heavy atom. The van der Waals surface area contributed by atoms with Crippen molar-refractivity contribution >= 4 is 0 Å². The summed E-state index contributed by atoms with van der Waals surface area (Å²) in [5.41, 5.74) is 0.749. The summed E-state index contributed by atoms with van der Waals surface area (Å²) >= 11 is 0. The molecule has 1 unspecified atom stereocenters. The van der Waals surface area contributed by atoms with Gasteiger partial charge in [0.15, 0.2) is 0 Å². The van der Waals surface area contributed by atoms with Crippen LogP contribution in [0.25, 0.3) is 0 Å². The molecule has 0 heterocycles. The van der Waals surface area contributed by atoms with Gasteiger partial charge in [-0.3, -0.25) is 0 Å². The van der Waals surface area contributed by atoms with E-state index in [1.54, 1.807) is 38.5 Å². The van der Waals surface area contributed by atoms with E-state index in [1.165, 1.54) is 19.3 Å². The fourth-order valence-electron chi connectivity index (χ4n) is 5.95. The summed E-state index contributed by atoms with van der Waals surface area (Å²) < 4.78 is 0. The average molecular weight is 263 g/mol. The first-order valence-corrected chi connectivity index (χ1v) is 8.76. The van der Waals surface area contributed by atoms with Gasteiger partial charge >= 0.3 is 0 Å². The monoisotopic (exact) mass is 263 g/mol. The summed E-state index contributed by atoms with van der Waals surface area (Å²) in [5.74, 6) is 4.17. The molecule has 1 heteroatoms. The maximum Gasteiger partial charge on any atom is 0.00694 e. The van der Waals surface area contributed by atoms with Crippen LogP contribution in [0.2, 0.25) is 0 Å². The highest BCUT2D eigenvalue weighted by atomic mass is 14.9. The number of nitrogens with one attached hydrogen (secondary N) is 1. The van der Waals surface area contributed by atoms with Crippen molar-refractivity contribution in [2.75, 3.05) is 7.05 Å². The molecule has 110 valence electrons. The van der Waals surface area contributed by atoms with E-state index in [4.69, 9.17) is 0 Å². The lowest BCUT2D eigenvalue weighted by atomic mass is 9.48. The van der Waals surface area contributed by atoms with Crippen molar-refractivity contribution in [2.24, 2.45) is 29.1 Å². The summed E-state index contributed by atoms with van der Waals surface area (Å²) in [7, 11) is 2.19. The van der Waals surface area contributed by atoms with E-state index in [9.17, 15) is 0 Å². The molecule has 0 saturated heterocycles. The minimum Gasteiger partial charge on any atom is -0.317 e. The van der Waals surface area contributed by atoms with Crippen LogP contribution in [0.1, 0.15) is 71.6 Å². The molecule has 0 aromatic carbocycles. The van der Waals surface area contributed by atoms with Gasteiger partial charge < -0.3 is 5.32 Å². The number of rotatable bonds is 6. The Labute approximate surface area is 119 Å². The van der Waals surface area contributed by atoms with Crippen LogP contribution in [-0.4, -0.2) is 13.1 Å². The van der Waals surface area contributed by atoms with Crippen molar-refractivity contribution in [3.05, 3.63) is 0 Å². The third-order valence-corrected chi connectivity index (χ3v) is 6.35. The highest BCUT2D eigenvalue weighted by Crippen LogP contribution is 2.61. The Morgan fingerprint density at radius 3 is 1.89 bits per heavy atom. The standard InChI is InChI=1S/C18H33N/c1-13(2)4-5-17(19-3)12-18-9-14-6-15(10-18)8-16(7-14)11-18/h13-17,19H,4-12H2,1-3H3. The third-order valence-electron chi connectivity index (χ3n) is 6.35. The smallest absolute Gasteiger partial charge is 0.00694 e. The van der Waals surface area contributed by atoms with Crippen LogP contribution >= 0.6 is 0 Å². The summed E-state index contributed by atoms with van der Waals surface area (Å²) in [6.07, 6.45) is 13.7. The lowest BCUT2D eigenvalue weighted by molar-refractivity contribution is -0.0622. The van der Waals surface area contributed by atoms with Gasteiger partial charge in [-0.15, -0.1) is 0 Å². The van der Waals surface area contributed by atoms with E-state index >= 15 is 0 Å². The van der Waals surface area contributed by atoms with Crippen LogP contribution < -0.4 is 5.32 Å². The van der Waals surface area contributed by atoms with Crippen LogP contribution in [0, 0.1) is 29.1 Å². The zero-order valence-corrected chi connectivity index (χ0v) is 13.3. The lowest BCUT2D eigenvalue weighted by Gasteiger charge is -2.57. The van der Waals surface area contributed by atoms with Crippen molar-refractivity contribution < 1.29 is 0 Å². The van der Waals surface area contributed by atoms with E-state index in [1.807, 2.05) is 0 Å². The normalized spacial score (nSPS) is 42.0. The minimum absolute atomic E-state index is 0.749. The van der Waals surface area contributed by atoms with Gasteiger partial charge in [-0.2, -0.15) is 0 Å². The summed E-state index contributed by atoms with van der Waals surface area (Å²) in [6.45, 7) is 4.72. The van der Waals surface area contributed by atoms with Gasteiger partial charge in [-0.25, -0.2) is 0 Å². The van der Waals surface area contributed by atoms with Crippen LogP contribution in [0.5, 0.6) is 0 Å². The molecule has 4 saturated carbocycles. The molecule has 4 aliphatic carbocycles. The Hall–Kier alpha value is -0.0400. The third kappa shape index (κ3) is 3.01. The SMILES string of the molecule is CNC(CCC(C)C)CC12CC3CC(CC(C3)C1)C2. The van der Waals surface area contributed by atoms with Crippen molar-refractivity contribution in [2.45, 2.75) is 77.7 Å². The van der Waals surface area contributed by atoms with Gasteiger partial charge in [-0.05, 0) is 93.9 Å². The maximum absolute atomic E-state index is 3.63. The van der Waals surface area contributed by atoms with E-state index in [0.29, 0.717) is 0 Å². The quantitative estimate of drug-likeness (QED) is 0.737. The summed E-state index contributed by atoms with van der Waals surface area (Å²) in [6, 6.07) is 0.777. The Morgan fingerprint density at radius 2 is 1.47 bits per heavy atom. The average Bonchev–Trinajstić information content (AvgIpc) is 2.32. The molecule has 19 heavy (non-hydrogen) atoms. The number of hydrogen-bond acceptors (Lipinski definition) is 1. The van der Waals surface area contributed by atoms with Gasteiger partial charge in [0, 0.05) is 6.04 Å². The number of hydrogen-bond donors (Lipinski definition) is 1. The fourth-order valence-corrected chi connectivity index (χ4v) is 5.95. The zero-order valence-electron chi connectivity index (χ0n) is 13.3. The molecule has 4 fully saturated rings. The van der Waals surface area contributed by atoms with E-state index in [-0.39, 0.29) is 0 Å². The molecule has 0 radical (unpaired) electrons. The molecule has 0 aliphatic heterocycles. The molecule has 0 aromatic heterocycles. The molecule has 1 N–H and O–H groups in total. The zero-order chi connectivity index (χ0) is 13.5. The van der Waals surface area contributed by atoms with E-state index in [0.717, 1.165) is 35.1 Å². The predicted octanol–water partition coefficient (Wildman–Crippen LogP) is 4.62. The Bertz CT molecular complexity index is 272. The van der Waals surface area contributed by atoms with E-state index in [2.05, 4.69) is 26.2 Å². The van der Waals surface area contributed by atoms with Crippen LogP contribution in [-0.2, 0) is 0 Å².